The lowest BCUT2D eigenvalue weighted by Crippen LogP contribution is -2.38. The van der Waals surface area contributed by atoms with E-state index in [4.69, 9.17) is 16.7 Å². The highest BCUT2D eigenvalue weighted by Crippen LogP contribution is 2.19. The quantitative estimate of drug-likeness (QED) is 0.776. The molecule has 2 amide bonds. The Morgan fingerprint density at radius 2 is 2.00 bits per heavy atom. The monoisotopic (exact) mass is 330 g/mol. The normalized spacial score (nSPS) is 19.2. The van der Waals surface area contributed by atoms with Gasteiger partial charge in [0.15, 0.2) is 9.84 Å². The van der Waals surface area contributed by atoms with E-state index >= 15 is 0 Å². The number of rotatable bonds is 3. The number of aromatic carboxylic acids is 1. The molecule has 0 saturated carbocycles. The maximum Gasteiger partial charge on any atom is 0.335 e. The van der Waals surface area contributed by atoms with Gasteiger partial charge >= 0.3 is 12.0 Å². The average Bonchev–Trinajstić information content (AvgIpc) is 2.67. The lowest BCUT2D eigenvalue weighted by atomic mass is 10.2. The number of carbonyl (C=O) groups is 2. The van der Waals surface area contributed by atoms with Crippen LogP contribution in [0.5, 0.6) is 0 Å². The first kappa shape index (κ1) is 15.3. The maximum atomic E-state index is 11.7. The summed E-state index contributed by atoms with van der Waals surface area (Å²) in [5, 5.41) is 14.9. The van der Waals surface area contributed by atoms with Crippen LogP contribution in [0, 0.1) is 0 Å². The number of sulfone groups is 1. The van der Waals surface area contributed by atoms with Crippen molar-refractivity contribution >= 4 is 39.1 Å². The molecule has 9 heteroatoms. The maximum absolute atomic E-state index is 11.7. The van der Waals surface area contributed by atoms with Crippen molar-refractivity contribution in [2.24, 2.45) is 0 Å². The van der Waals surface area contributed by atoms with E-state index in [1.165, 1.54) is 24.3 Å². The van der Waals surface area contributed by atoms with Crippen molar-refractivity contribution in [2.45, 2.75) is 6.04 Å². The van der Waals surface area contributed by atoms with Crippen LogP contribution >= 0.6 is 11.6 Å². The van der Waals surface area contributed by atoms with Crippen LogP contribution < -0.4 is 10.6 Å². The summed E-state index contributed by atoms with van der Waals surface area (Å²) in [6.45, 7) is 0. The second kappa shape index (κ2) is 5.74. The molecule has 1 heterocycles. The van der Waals surface area contributed by atoms with Gasteiger partial charge in [-0.25, -0.2) is 18.0 Å². The molecule has 0 fully saturated rings. The SMILES string of the molecule is O=C(Nc1cc(Cl)cc(C(=O)O)c1)NC1C=CS(=O)(=O)C1. The summed E-state index contributed by atoms with van der Waals surface area (Å²) in [6.07, 6.45) is 1.37. The highest BCUT2D eigenvalue weighted by molar-refractivity contribution is 7.94. The Labute approximate surface area is 125 Å². The lowest BCUT2D eigenvalue weighted by molar-refractivity contribution is 0.0697. The zero-order chi connectivity index (χ0) is 15.6. The molecule has 1 aliphatic heterocycles. The molecule has 0 saturated heterocycles. The second-order valence-electron chi connectivity index (χ2n) is 4.40. The molecular weight excluding hydrogens is 320 g/mol. The third-order valence-electron chi connectivity index (χ3n) is 2.65. The molecule has 112 valence electrons. The van der Waals surface area contributed by atoms with E-state index in [0.29, 0.717) is 0 Å². The van der Waals surface area contributed by atoms with Crippen LogP contribution in [0.25, 0.3) is 0 Å². The molecule has 1 atom stereocenters. The first-order valence-corrected chi connectivity index (χ1v) is 7.87. The van der Waals surface area contributed by atoms with E-state index in [0.717, 1.165) is 5.41 Å². The Bertz CT molecular complexity index is 729. The van der Waals surface area contributed by atoms with Gasteiger partial charge < -0.3 is 15.7 Å². The van der Waals surface area contributed by atoms with Gasteiger partial charge in [0.25, 0.3) is 0 Å². The van der Waals surface area contributed by atoms with Crippen molar-refractivity contribution in [3.8, 4) is 0 Å². The van der Waals surface area contributed by atoms with Crippen molar-refractivity contribution in [3.63, 3.8) is 0 Å². The molecule has 0 aromatic heterocycles. The molecule has 1 aromatic carbocycles. The average molecular weight is 331 g/mol. The van der Waals surface area contributed by atoms with Gasteiger partial charge in [-0.3, -0.25) is 0 Å². The summed E-state index contributed by atoms with van der Waals surface area (Å²) in [6, 6.07) is 2.61. The topological polar surface area (TPSA) is 113 Å². The summed E-state index contributed by atoms with van der Waals surface area (Å²) in [5.41, 5.74) is 0.128. The van der Waals surface area contributed by atoms with Gasteiger partial charge in [0.1, 0.15) is 0 Å². The van der Waals surface area contributed by atoms with E-state index < -0.39 is 27.9 Å². The Hall–Kier alpha value is -2.06. The molecule has 21 heavy (non-hydrogen) atoms. The third kappa shape index (κ3) is 4.20. The number of nitrogens with one attached hydrogen (secondary N) is 2. The predicted molar refractivity (Wildman–Crippen MR) is 77.3 cm³/mol. The zero-order valence-electron chi connectivity index (χ0n) is 10.5. The number of carboxylic acids is 1. The van der Waals surface area contributed by atoms with E-state index in [1.807, 2.05) is 0 Å². The minimum atomic E-state index is -3.26. The number of benzene rings is 1. The van der Waals surface area contributed by atoms with E-state index in [-0.39, 0.29) is 22.0 Å². The molecular formula is C12H11ClN2O5S. The second-order valence-corrected chi connectivity index (χ2v) is 6.76. The van der Waals surface area contributed by atoms with Crippen molar-refractivity contribution in [3.05, 3.63) is 40.3 Å². The standard InChI is InChI=1S/C12H11ClN2O5S/c13-8-3-7(11(16)17)4-10(5-8)15-12(18)14-9-1-2-21(19,20)6-9/h1-5,9H,6H2,(H,16,17)(H2,14,15,18). The molecule has 2 rings (SSSR count). The van der Waals surface area contributed by atoms with E-state index in [2.05, 4.69) is 10.6 Å². The predicted octanol–water partition coefficient (Wildman–Crippen LogP) is 1.47. The molecule has 0 bridgehead atoms. The van der Waals surface area contributed by atoms with Gasteiger partial charge in [0.05, 0.1) is 17.4 Å². The van der Waals surface area contributed by atoms with Gasteiger partial charge in [0, 0.05) is 16.1 Å². The Kier molecular flexibility index (Phi) is 4.19. The number of hydrogen-bond donors (Lipinski definition) is 3. The smallest absolute Gasteiger partial charge is 0.335 e. The van der Waals surface area contributed by atoms with Gasteiger partial charge in [-0.2, -0.15) is 0 Å². The molecule has 0 aliphatic carbocycles. The van der Waals surface area contributed by atoms with Crippen molar-refractivity contribution < 1.29 is 23.1 Å². The Morgan fingerprint density at radius 3 is 2.57 bits per heavy atom. The summed E-state index contributed by atoms with van der Waals surface area (Å²) in [4.78, 5) is 22.6. The van der Waals surface area contributed by atoms with Crippen LogP contribution in [-0.4, -0.2) is 37.3 Å². The summed E-state index contributed by atoms with van der Waals surface area (Å²) in [5.74, 6) is -1.37. The van der Waals surface area contributed by atoms with Crippen LogP contribution in [0.15, 0.2) is 29.7 Å². The van der Waals surface area contributed by atoms with Gasteiger partial charge in [-0.1, -0.05) is 11.6 Å². The first-order valence-electron chi connectivity index (χ1n) is 5.77. The first-order chi connectivity index (χ1) is 9.75. The summed E-state index contributed by atoms with van der Waals surface area (Å²) < 4.78 is 22.4. The van der Waals surface area contributed by atoms with Crippen molar-refractivity contribution in [1.29, 1.82) is 0 Å². The largest absolute Gasteiger partial charge is 0.478 e. The van der Waals surface area contributed by atoms with Crippen molar-refractivity contribution in [1.82, 2.24) is 5.32 Å². The summed E-state index contributed by atoms with van der Waals surface area (Å²) >= 11 is 5.76. The number of urea groups is 1. The fourth-order valence-corrected chi connectivity index (χ4v) is 3.26. The molecule has 1 aliphatic rings. The van der Waals surface area contributed by atoms with Gasteiger partial charge in [0.2, 0.25) is 0 Å². The Morgan fingerprint density at radius 1 is 1.29 bits per heavy atom. The molecule has 1 aromatic rings. The van der Waals surface area contributed by atoms with Crippen LogP contribution in [0.4, 0.5) is 10.5 Å². The molecule has 1 unspecified atom stereocenters. The van der Waals surface area contributed by atoms with E-state index in [9.17, 15) is 18.0 Å². The van der Waals surface area contributed by atoms with Gasteiger partial charge in [-0.15, -0.1) is 0 Å². The third-order valence-corrected chi connectivity index (χ3v) is 4.26. The van der Waals surface area contributed by atoms with Crippen LogP contribution in [0.3, 0.4) is 0 Å². The molecule has 0 radical (unpaired) electrons. The van der Waals surface area contributed by atoms with Crippen LogP contribution in [0.2, 0.25) is 5.02 Å². The minimum Gasteiger partial charge on any atom is -0.478 e. The number of hydrogen-bond acceptors (Lipinski definition) is 4. The highest BCUT2D eigenvalue weighted by atomic mass is 35.5. The fourth-order valence-electron chi connectivity index (χ4n) is 1.79. The zero-order valence-corrected chi connectivity index (χ0v) is 12.1. The Balaban J connectivity index is 2.03. The fraction of sp³-hybridized carbons (Fsp3) is 0.167. The van der Waals surface area contributed by atoms with Crippen LogP contribution in [0.1, 0.15) is 10.4 Å². The molecule has 3 N–H and O–H groups in total. The van der Waals surface area contributed by atoms with E-state index in [1.54, 1.807) is 0 Å². The lowest BCUT2D eigenvalue weighted by Gasteiger charge is -2.12. The van der Waals surface area contributed by atoms with Crippen molar-refractivity contribution in [2.75, 3.05) is 11.1 Å². The number of carboxylic acid groups (broad SMARTS) is 1. The number of anilines is 1. The number of halogens is 1. The molecule has 7 nitrogen and oxygen atoms in total. The summed E-state index contributed by atoms with van der Waals surface area (Å²) in [7, 11) is -3.26. The highest BCUT2D eigenvalue weighted by Gasteiger charge is 2.23. The van der Waals surface area contributed by atoms with Gasteiger partial charge in [-0.05, 0) is 24.3 Å². The minimum absolute atomic E-state index is 0.0684. The number of carbonyl (C=O) groups excluding carboxylic acids is 1. The van der Waals surface area contributed by atoms with Crippen LogP contribution in [-0.2, 0) is 9.84 Å². The number of amides is 2. The molecule has 0 spiro atoms.